The maximum atomic E-state index is 11.0. The molecule has 0 bridgehead atoms. The summed E-state index contributed by atoms with van der Waals surface area (Å²) in [6.45, 7) is 3.89. The van der Waals surface area contributed by atoms with Crippen LogP contribution in [0.3, 0.4) is 0 Å². The summed E-state index contributed by atoms with van der Waals surface area (Å²) in [5.41, 5.74) is 1.18. The van der Waals surface area contributed by atoms with E-state index in [1.165, 1.54) is 0 Å². The lowest BCUT2D eigenvalue weighted by Gasteiger charge is -2.22. The van der Waals surface area contributed by atoms with E-state index in [2.05, 4.69) is 4.72 Å². The van der Waals surface area contributed by atoms with Crippen LogP contribution < -0.4 is 4.72 Å². The van der Waals surface area contributed by atoms with Gasteiger partial charge in [-0.3, -0.25) is 4.72 Å². The Hall–Kier alpha value is -1.07. The van der Waals surface area contributed by atoms with Crippen molar-refractivity contribution >= 4 is 15.7 Å². The smallest absolute Gasteiger partial charge is 0.229 e. The first-order chi connectivity index (χ1) is 7.24. The van der Waals surface area contributed by atoms with Crippen LogP contribution >= 0.6 is 0 Å². The van der Waals surface area contributed by atoms with Gasteiger partial charge in [0.25, 0.3) is 0 Å². The lowest BCUT2D eigenvalue weighted by molar-refractivity contribution is 0.218. The number of benzene rings is 1. The summed E-state index contributed by atoms with van der Waals surface area (Å²) >= 11 is 0. The highest BCUT2D eigenvalue weighted by Crippen LogP contribution is 2.23. The fraction of sp³-hybridized carbons (Fsp3) is 0.455. The molecule has 0 amide bonds. The predicted octanol–water partition coefficient (Wildman–Crippen LogP) is 1.33. The molecule has 0 atom stereocenters. The molecule has 0 aliphatic rings. The van der Waals surface area contributed by atoms with E-state index in [-0.39, 0.29) is 12.0 Å². The highest BCUT2D eigenvalue weighted by atomic mass is 32.2. The number of rotatable bonds is 4. The molecular formula is C11H17NO3S. The van der Waals surface area contributed by atoms with Crippen LogP contribution in [0.25, 0.3) is 0 Å². The van der Waals surface area contributed by atoms with Crippen molar-refractivity contribution in [3.05, 3.63) is 29.8 Å². The van der Waals surface area contributed by atoms with E-state index in [0.29, 0.717) is 5.69 Å². The summed E-state index contributed by atoms with van der Waals surface area (Å²) in [4.78, 5) is 0. The Bertz CT molecular complexity index is 449. The lowest BCUT2D eigenvalue weighted by atomic mass is 9.86. The van der Waals surface area contributed by atoms with E-state index >= 15 is 0 Å². The molecule has 0 unspecified atom stereocenters. The third kappa shape index (κ3) is 3.50. The minimum absolute atomic E-state index is 0.0475. The van der Waals surface area contributed by atoms with Crippen LogP contribution in [0.1, 0.15) is 19.4 Å². The molecule has 0 aliphatic heterocycles. The van der Waals surface area contributed by atoms with Gasteiger partial charge >= 0.3 is 0 Å². The molecule has 1 aromatic carbocycles. The van der Waals surface area contributed by atoms with Crippen molar-refractivity contribution in [2.75, 3.05) is 17.6 Å². The zero-order chi connectivity index (χ0) is 12.4. The molecule has 5 heteroatoms. The van der Waals surface area contributed by atoms with Gasteiger partial charge < -0.3 is 5.11 Å². The van der Waals surface area contributed by atoms with Gasteiger partial charge in [-0.1, -0.05) is 26.0 Å². The Kier molecular flexibility index (Phi) is 3.60. The quantitative estimate of drug-likeness (QED) is 0.838. The molecule has 0 aromatic heterocycles. The Morgan fingerprint density at radius 2 is 1.75 bits per heavy atom. The van der Waals surface area contributed by atoms with E-state index in [1.807, 2.05) is 26.0 Å². The van der Waals surface area contributed by atoms with Gasteiger partial charge in [-0.05, 0) is 17.7 Å². The van der Waals surface area contributed by atoms with Crippen LogP contribution in [0.2, 0.25) is 0 Å². The first kappa shape index (κ1) is 13.0. The maximum absolute atomic E-state index is 11.0. The fourth-order valence-electron chi connectivity index (χ4n) is 1.29. The largest absolute Gasteiger partial charge is 0.395 e. The van der Waals surface area contributed by atoms with Crippen LogP contribution in [-0.2, 0) is 15.4 Å². The first-order valence-electron chi connectivity index (χ1n) is 4.94. The minimum atomic E-state index is -3.23. The van der Waals surface area contributed by atoms with Crippen molar-refractivity contribution in [2.24, 2.45) is 0 Å². The molecular weight excluding hydrogens is 226 g/mol. The normalized spacial score (nSPS) is 12.5. The van der Waals surface area contributed by atoms with E-state index in [1.54, 1.807) is 12.1 Å². The highest BCUT2D eigenvalue weighted by molar-refractivity contribution is 7.92. The van der Waals surface area contributed by atoms with Gasteiger partial charge in [0.15, 0.2) is 0 Å². The summed E-state index contributed by atoms with van der Waals surface area (Å²) in [5, 5.41) is 9.19. The lowest BCUT2D eigenvalue weighted by Crippen LogP contribution is -2.21. The maximum Gasteiger partial charge on any atom is 0.229 e. The summed E-state index contributed by atoms with van der Waals surface area (Å²) < 4.78 is 24.4. The molecule has 16 heavy (non-hydrogen) atoms. The van der Waals surface area contributed by atoms with Gasteiger partial charge in [0.1, 0.15) is 0 Å². The molecule has 0 saturated heterocycles. The van der Waals surface area contributed by atoms with Crippen molar-refractivity contribution in [3.63, 3.8) is 0 Å². The minimum Gasteiger partial charge on any atom is -0.395 e. The van der Waals surface area contributed by atoms with Gasteiger partial charge in [0.05, 0.1) is 12.9 Å². The van der Waals surface area contributed by atoms with E-state index < -0.39 is 10.0 Å². The van der Waals surface area contributed by atoms with Crippen molar-refractivity contribution < 1.29 is 13.5 Å². The molecule has 0 fully saturated rings. The second-order valence-electron chi connectivity index (χ2n) is 4.49. The molecule has 0 spiro atoms. The number of hydrogen-bond donors (Lipinski definition) is 2. The van der Waals surface area contributed by atoms with E-state index in [0.717, 1.165) is 11.8 Å². The third-order valence-corrected chi connectivity index (χ3v) is 2.97. The van der Waals surface area contributed by atoms with Crippen LogP contribution in [0.5, 0.6) is 0 Å². The molecule has 0 heterocycles. The average Bonchev–Trinajstić information content (AvgIpc) is 2.16. The fourth-order valence-corrected chi connectivity index (χ4v) is 1.86. The van der Waals surface area contributed by atoms with Crippen LogP contribution in [0.15, 0.2) is 24.3 Å². The summed E-state index contributed by atoms with van der Waals surface area (Å²) in [6, 6.07) is 7.00. The molecule has 1 rings (SSSR count). The molecule has 0 saturated carbocycles. The molecule has 1 aromatic rings. The number of aliphatic hydroxyl groups is 1. The van der Waals surface area contributed by atoms with Crippen molar-refractivity contribution in [1.82, 2.24) is 0 Å². The van der Waals surface area contributed by atoms with Crippen LogP contribution in [-0.4, -0.2) is 26.4 Å². The van der Waals surface area contributed by atoms with Crippen molar-refractivity contribution in [2.45, 2.75) is 19.3 Å². The molecule has 4 nitrogen and oxygen atoms in total. The van der Waals surface area contributed by atoms with Crippen LogP contribution in [0.4, 0.5) is 5.69 Å². The molecule has 2 N–H and O–H groups in total. The van der Waals surface area contributed by atoms with Crippen molar-refractivity contribution in [1.29, 1.82) is 0 Å². The summed E-state index contributed by atoms with van der Waals surface area (Å²) in [5.74, 6) is 0. The average molecular weight is 243 g/mol. The second-order valence-corrected chi connectivity index (χ2v) is 6.24. The van der Waals surface area contributed by atoms with Crippen molar-refractivity contribution in [3.8, 4) is 0 Å². The number of hydrogen-bond acceptors (Lipinski definition) is 3. The number of nitrogens with one attached hydrogen (secondary N) is 1. The third-order valence-electron chi connectivity index (χ3n) is 2.36. The standard InChI is InChI=1S/C11H17NO3S/c1-11(2,8-13)9-4-6-10(7-5-9)12-16(3,14)15/h4-7,12-13H,8H2,1-3H3. The van der Waals surface area contributed by atoms with E-state index in [9.17, 15) is 13.5 Å². The molecule has 90 valence electrons. The Labute approximate surface area is 96.4 Å². The Balaban J connectivity index is 2.92. The Morgan fingerprint density at radius 1 is 1.25 bits per heavy atom. The number of sulfonamides is 1. The van der Waals surface area contributed by atoms with Crippen LogP contribution in [0, 0.1) is 0 Å². The van der Waals surface area contributed by atoms with Gasteiger partial charge in [-0.25, -0.2) is 8.42 Å². The van der Waals surface area contributed by atoms with E-state index in [4.69, 9.17) is 0 Å². The number of aliphatic hydroxyl groups excluding tert-OH is 1. The van der Waals surface area contributed by atoms with Gasteiger partial charge in [0.2, 0.25) is 10.0 Å². The molecule has 0 radical (unpaired) electrons. The SMILES string of the molecule is CC(C)(CO)c1ccc(NS(C)(=O)=O)cc1. The number of anilines is 1. The van der Waals surface area contributed by atoms with Gasteiger partial charge in [-0.15, -0.1) is 0 Å². The Morgan fingerprint density at radius 3 is 2.12 bits per heavy atom. The summed E-state index contributed by atoms with van der Waals surface area (Å²) in [7, 11) is -3.23. The monoisotopic (exact) mass is 243 g/mol. The molecule has 0 aliphatic carbocycles. The zero-order valence-corrected chi connectivity index (χ0v) is 10.5. The van der Waals surface area contributed by atoms with Gasteiger partial charge in [0, 0.05) is 11.1 Å². The summed E-state index contributed by atoms with van der Waals surface area (Å²) in [6.07, 6.45) is 1.11. The topological polar surface area (TPSA) is 66.4 Å². The zero-order valence-electron chi connectivity index (χ0n) is 9.69. The second kappa shape index (κ2) is 4.43. The first-order valence-corrected chi connectivity index (χ1v) is 6.83. The highest BCUT2D eigenvalue weighted by Gasteiger charge is 2.18. The predicted molar refractivity (Wildman–Crippen MR) is 65.0 cm³/mol. The van der Waals surface area contributed by atoms with Gasteiger partial charge in [-0.2, -0.15) is 0 Å².